The maximum atomic E-state index is 12.1. The highest BCUT2D eigenvalue weighted by Gasteiger charge is 2.23. The van der Waals surface area contributed by atoms with Gasteiger partial charge in [0.15, 0.2) is 5.82 Å². The highest BCUT2D eigenvalue weighted by Crippen LogP contribution is 2.26. The maximum absolute atomic E-state index is 12.1. The van der Waals surface area contributed by atoms with Crippen molar-refractivity contribution >= 4 is 23.2 Å². The predicted molar refractivity (Wildman–Crippen MR) is 100 cm³/mol. The second-order valence-electron chi connectivity index (χ2n) is 5.82. The molecule has 1 N–H and O–H groups in total. The molecule has 0 unspecified atom stereocenters. The first kappa shape index (κ1) is 16.5. The van der Waals surface area contributed by atoms with Gasteiger partial charge in [-0.1, -0.05) is 41.9 Å². The number of carbonyl (C=O) groups is 1. The van der Waals surface area contributed by atoms with Crippen LogP contribution < -0.4 is 5.32 Å². The van der Waals surface area contributed by atoms with E-state index in [4.69, 9.17) is 16.6 Å². The SMILES string of the molecule is CCNC(=O)c1nc2n(n1)-c1ccc(Cl)cc1C(c1ccccc1)=NC2. The molecule has 130 valence electrons. The summed E-state index contributed by atoms with van der Waals surface area (Å²) >= 11 is 6.24. The molecule has 0 fully saturated rings. The molecule has 0 saturated carbocycles. The summed E-state index contributed by atoms with van der Waals surface area (Å²) < 4.78 is 1.68. The lowest BCUT2D eigenvalue weighted by Crippen LogP contribution is -2.24. The number of aromatic nitrogens is 3. The molecule has 0 bridgehead atoms. The van der Waals surface area contributed by atoms with Gasteiger partial charge in [0.25, 0.3) is 5.91 Å². The zero-order valence-electron chi connectivity index (χ0n) is 14.1. The Labute approximate surface area is 155 Å². The lowest BCUT2D eigenvalue weighted by atomic mass is 10.0. The van der Waals surface area contributed by atoms with Crippen molar-refractivity contribution in [1.82, 2.24) is 20.1 Å². The highest BCUT2D eigenvalue weighted by molar-refractivity contribution is 6.31. The van der Waals surface area contributed by atoms with Crippen LogP contribution in [0.3, 0.4) is 0 Å². The van der Waals surface area contributed by atoms with E-state index in [9.17, 15) is 4.79 Å². The van der Waals surface area contributed by atoms with E-state index in [1.165, 1.54) is 0 Å². The lowest BCUT2D eigenvalue weighted by Gasteiger charge is -2.11. The van der Waals surface area contributed by atoms with Crippen LogP contribution in [0, 0.1) is 0 Å². The standard InChI is InChI=1S/C19H16ClN5O/c1-2-21-19(26)18-23-16-11-22-17(12-6-4-3-5-7-12)14-10-13(20)8-9-15(14)25(16)24-18/h3-10H,2,11H2,1H3,(H,21,26). The fraction of sp³-hybridized carbons (Fsp3) is 0.158. The molecule has 1 aromatic heterocycles. The van der Waals surface area contributed by atoms with Gasteiger partial charge in [0, 0.05) is 22.7 Å². The summed E-state index contributed by atoms with van der Waals surface area (Å²) in [7, 11) is 0. The van der Waals surface area contributed by atoms with Crippen LogP contribution in [0.5, 0.6) is 0 Å². The van der Waals surface area contributed by atoms with Gasteiger partial charge in [-0.25, -0.2) is 9.67 Å². The van der Waals surface area contributed by atoms with Crippen LogP contribution >= 0.6 is 11.6 Å². The number of carbonyl (C=O) groups excluding carboxylic acids is 1. The molecule has 26 heavy (non-hydrogen) atoms. The molecule has 7 heteroatoms. The quantitative estimate of drug-likeness (QED) is 0.775. The Morgan fingerprint density at radius 2 is 2.04 bits per heavy atom. The summed E-state index contributed by atoms with van der Waals surface area (Å²) in [4.78, 5) is 21.2. The van der Waals surface area contributed by atoms with Crippen LogP contribution in [0.4, 0.5) is 0 Å². The van der Waals surface area contributed by atoms with Gasteiger partial charge in [-0.2, -0.15) is 0 Å². The van der Waals surface area contributed by atoms with Crippen molar-refractivity contribution in [2.24, 2.45) is 4.99 Å². The molecule has 0 aliphatic carbocycles. The summed E-state index contributed by atoms with van der Waals surface area (Å²) in [5.41, 5.74) is 3.48. The van der Waals surface area contributed by atoms with E-state index in [1.807, 2.05) is 49.4 Å². The van der Waals surface area contributed by atoms with Gasteiger partial charge in [-0.05, 0) is 25.1 Å². The Kier molecular flexibility index (Phi) is 4.26. The van der Waals surface area contributed by atoms with Crippen LogP contribution in [-0.4, -0.2) is 32.9 Å². The highest BCUT2D eigenvalue weighted by atomic mass is 35.5. The monoisotopic (exact) mass is 365 g/mol. The van der Waals surface area contributed by atoms with E-state index in [0.29, 0.717) is 23.9 Å². The summed E-state index contributed by atoms with van der Waals surface area (Å²) in [5, 5.41) is 7.74. The molecule has 2 heterocycles. The van der Waals surface area contributed by atoms with Crippen LogP contribution in [-0.2, 0) is 6.54 Å². The molecule has 0 saturated heterocycles. The molecule has 1 aliphatic rings. The fourth-order valence-corrected chi connectivity index (χ4v) is 3.11. The first-order valence-electron chi connectivity index (χ1n) is 8.31. The summed E-state index contributed by atoms with van der Waals surface area (Å²) in [6, 6.07) is 15.5. The molecule has 1 amide bonds. The normalized spacial score (nSPS) is 12.6. The Hall–Kier alpha value is -2.99. The average Bonchev–Trinajstić information content (AvgIpc) is 3.01. The average molecular weight is 366 g/mol. The molecule has 4 rings (SSSR count). The van der Waals surface area contributed by atoms with Gasteiger partial charge in [-0.15, -0.1) is 5.10 Å². The number of hydrogen-bond donors (Lipinski definition) is 1. The number of halogens is 1. The van der Waals surface area contributed by atoms with Crippen molar-refractivity contribution in [2.45, 2.75) is 13.5 Å². The minimum Gasteiger partial charge on any atom is -0.350 e. The smallest absolute Gasteiger partial charge is 0.290 e. The molecule has 0 atom stereocenters. The third-order valence-electron chi connectivity index (χ3n) is 4.08. The van der Waals surface area contributed by atoms with Gasteiger partial charge < -0.3 is 5.32 Å². The number of benzene rings is 2. The number of amides is 1. The van der Waals surface area contributed by atoms with Gasteiger partial charge >= 0.3 is 0 Å². The van der Waals surface area contributed by atoms with Crippen molar-refractivity contribution < 1.29 is 4.79 Å². The molecular formula is C19H16ClN5O. The van der Waals surface area contributed by atoms with E-state index in [1.54, 1.807) is 10.7 Å². The van der Waals surface area contributed by atoms with Crippen LogP contribution in [0.15, 0.2) is 53.5 Å². The number of fused-ring (bicyclic) bond motifs is 3. The van der Waals surface area contributed by atoms with Crippen molar-refractivity contribution in [2.75, 3.05) is 6.54 Å². The molecular weight excluding hydrogens is 350 g/mol. The summed E-state index contributed by atoms with van der Waals surface area (Å²) in [6.07, 6.45) is 0. The minimum atomic E-state index is -0.296. The van der Waals surface area contributed by atoms with Gasteiger partial charge in [0.2, 0.25) is 5.82 Å². The number of aliphatic imine (C=N–C) groups is 1. The summed E-state index contributed by atoms with van der Waals surface area (Å²) in [6.45, 7) is 2.70. The summed E-state index contributed by atoms with van der Waals surface area (Å²) in [5.74, 6) is 0.456. The van der Waals surface area contributed by atoms with E-state index < -0.39 is 0 Å². The Morgan fingerprint density at radius 3 is 2.81 bits per heavy atom. The van der Waals surface area contributed by atoms with E-state index >= 15 is 0 Å². The molecule has 0 spiro atoms. The number of hydrogen-bond acceptors (Lipinski definition) is 4. The van der Waals surface area contributed by atoms with Gasteiger partial charge in [-0.3, -0.25) is 9.79 Å². The Balaban J connectivity index is 1.88. The number of nitrogens with one attached hydrogen (secondary N) is 1. The molecule has 1 aliphatic heterocycles. The van der Waals surface area contributed by atoms with Crippen molar-refractivity contribution in [3.05, 3.63) is 76.3 Å². The maximum Gasteiger partial charge on any atom is 0.290 e. The minimum absolute atomic E-state index is 0.140. The van der Waals surface area contributed by atoms with Gasteiger partial charge in [0.1, 0.15) is 0 Å². The van der Waals surface area contributed by atoms with Crippen molar-refractivity contribution in [3.8, 4) is 5.69 Å². The van der Waals surface area contributed by atoms with Crippen molar-refractivity contribution in [3.63, 3.8) is 0 Å². The first-order valence-corrected chi connectivity index (χ1v) is 8.69. The fourth-order valence-electron chi connectivity index (χ4n) is 2.94. The molecule has 2 aromatic carbocycles. The number of nitrogens with zero attached hydrogens (tertiary/aromatic N) is 4. The van der Waals surface area contributed by atoms with Crippen molar-refractivity contribution in [1.29, 1.82) is 0 Å². The largest absolute Gasteiger partial charge is 0.350 e. The lowest BCUT2D eigenvalue weighted by molar-refractivity contribution is 0.0945. The number of rotatable bonds is 3. The third-order valence-corrected chi connectivity index (χ3v) is 4.32. The second-order valence-corrected chi connectivity index (χ2v) is 6.25. The topological polar surface area (TPSA) is 72.2 Å². The Bertz CT molecular complexity index is 1010. The molecule has 0 radical (unpaired) electrons. The third kappa shape index (κ3) is 2.88. The van der Waals surface area contributed by atoms with Crippen LogP contribution in [0.1, 0.15) is 34.5 Å². The van der Waals surface area contributed by atoms with E-state index in [-0.39, 0.29) is 11.7 Å². The second kappa shape index (κ2) is 6.72. The predicted octanol–water partition coefficient (Wildman–Crippen LogP) is 3.02. The first-order chi connectivity index (χ1) is 12.7. The van der Waals surface area contributed by atoms with E-state index in [0.717, 1.165) is 22.5 Å². The van der Waals surface area contributed by atoms with E-state index in [2.05, 4.69) is 15.4 Å². The molecule has 6 nitrogen and oxygen atoms in total. The zero-order valence-corrected chi connectivity index (χ0v) is 14.9. The molecule has 3 aromatic rings. The van der Waals surface area contributed by atoms with Crippen LogP contribution in [0.2, 0.25) is 5.02 Å². The van der Waals surface area contributed by atoms with Gasteiger partial charge in [0.05, 0.1) is 17.9 Å². The van der Waals surface area contributed by atoms with Crippen LogP contribution in [0.25, 0.3) is 5.69 Å². The Morgan fingerprint density at radius 1 is 1.23 bits per heavy atom. The zero-order chi connectivity index (χ0) is 18.1.